The minimum absolute atomic E-state index is 0. The second-order valence-corrected chi connectivity index (χ2v) is 6.42. The molecule has 1 N–H and O–H groups in total. The smallest absolute Gasteiger partial charge is 0.0926 e. The van der Waals surface area contributed by atoms with E-state index in [1.165, 1.54) is 49.7 Å². The lowest BCUT2D eigenvalue weighted by molar-refractivity contribution is 0.267. The van der Waals surface area contributed by atoms with Crippen molar-refractivity contribution in [1.29, 1.82) is 0 Å². The largest absolute Gasteiger partial charge is 0.316 e. The first-order valence-electron chi connectivity index (χ1n) is 6.66. The van der Waals surface area contributed by atoms with Gasteiger partial charge in [-0.3, -0.25) is 4.90 Å². The van der Waals surface area contributed by atoms with Gasteiger partial charge in [0.15, 0.2) is 0 Å². The molecule has 0 saturated carbocycles. The SMILES string of the molecule is CCc1nc(CN2CCC3(CCNC3)C2)cs1.Cl. The standard InChI is InChI=1S/C13H21N3S.ClH/c1-2-12-15-11(8-17-12)7-16-6-4-13(10-16)3-5-14-9-13;/h8,14H,2-7,9-10H2,1H3;1H. The van der Waals surface area contributed by atoms with E-state index in [-0.39, 0.29) is 12.4 Å². The molecule has 2 fully saturated rings. The molecule has 0 aliphatic carbocycles. The number of aryl methyl sites for hydroxylation is 1. The van der Waals surface area contributed by atoms with Crippen molar-refractivity contribution in [2.75, 3.05) is 26.2 Å². The third kappa shape index (κ3) is 2.87. The highest BCUT2D eigenvalue weighted by Crippen LogP contribution is 2.36. The number of thiazole rings is 1. The van der Waals surface area contributed by atoms with E-state index in [4.69, 9.17) is 0 Å². The Kier molecular flexibility index (Phi) is 4.64. The van der Waals surface area contributed by atoms with Gasteiger partial charge in [-0.2, -0.15) is 0 Å². The van der Waals surface area contributed by atoms with Crippen molar-refractivity contribution < 1.29 is 0 Å². The summed E-state index contributed by atoms with van der Waals surface area (Å²) in [4.78, 5) is 7.25. The van der Waals surface area contributed by atoms with E-state index in [0.29, 0.717) is 5.41 Å². The second-order valence-electron chi connectivity index (χ2n) is 5.47. The quantitative estimate of drug-likeness (QED) is 0.925. The monoisotopic (exact) mass is 287 g/mol. The van der Waals surface area contributed by atoms with Crippen LogP contribution in [0.4, 0.5) is 0 Å². The topological polar surface area (TPSA) is 28.2 Å². The van der Waals surface area contributed by atoms with Crippen molar-refractivity contribution in [2.45, 2.75) is 32.7 Å². The Labute approximate surface area is 119 Å². The van der Waals surface area contributed by atoms with Crippen LogP contribution >= 0.6 is 23.7 Å². The number of nitrogens with zero attached hydrogens (tertiary/aromatic N) is 2. The summed E-state index contributed by atoms with van der Waals surface area (Å²) in [7, 11) is 0. The molecule has 2 saturated heterocycles. The predicted molar refractivity (Wildman–Crippen MR) is 78.6 cm³/mol. The molecule has 2 aliphatic rings. The first kappa shape index (κ1) is 14.3. The summed E-state index contributed by atoms with van der Waals surface area (Å²) in [5.74, 6) is 0. The molecule has 3 rings (SSSR count). The number of hydrogen-bond donors (Lipinski definition) is 1. The van der Waals surface area contributed by atoms with Crippen LogP contribution in [0.5, 0.6) is 0 Å². The van der Waals surface area contributed by atoms with Crippen molar-refractivity contribution in [3.63, 3.8) is 0 Å². The molecule has 1 aromatic heterocycles. The molecular weight excluding hydrogens is 266 g/mol. The predicted octanol–water partition coefficient (Wildman–Crippen LogP) is 2.31. The van der Waals surface area contributed by atoms with Crippen LogP contribution in [-0.2, 0) is 13.0 Å². The molecule has 0 radical (unpaired) electrons. The highest BCUT2D eigenvalue weighted by molar-refractivity contribution is 7.09. The molecule has 1 aromatic rings. The Morgan fingerprint density at radius 2 is 2.39 bits per heavy atom. The van der Waals surface area contributed by atoms with Gasteiger partial charge in [0, 0.05) is 25.0 Å². The van der Waals surface area contributed by atoms with Crippen LogP contribution in [0.3, 0.4) is 0 Å². The van der Waals surface area contributed by atoms with Crippen molar-refractivity contribution >= 4 is 23.7 Å². The van der Waals surface area contributed by atoms with E-state index in [1.54, 1.807) is 11.3 Å². The van der Waals surface area contributed by atoms with Crippen LogP contribution < -0.4 is 5.32 Å². The number of nitrogens with one attached hydrogen (secondary N) is 1. The van der Waals surface area contributed by atoms with Gasteiger partial charge in [0.2, 0.25) is 0 Å². The zero-order chi connectivity index (χ0) is 11.7. The molecule has 3 nitrogen and oxygen atoms in total. The summed E-state index contributed by atoms with van der Waals surface area (Å²) in [6.07, 6.45) is 3.80. The van der Waals surface area contributed by atoms with Gasteiger partial charge in [0.05, 0.1) is 10.7 Å². The minimum atomic E-state index is 0. The van der Waals surface area contributed by atoms with Gasteiger partial charge in [-0.1, -0.05) is 6.92 Å². The fourth-order valence-electron chi connectivity index (χ4n) is 3.12. The molecule has 18 heavy (non-hydrogen) atoms. The van der Waals surface area contributed by atoms with E-state index in [2.05, 4.69) is 27.5 Å². The first-order chi connectivity index (χ1) is 8.30. The Hall–Kier alpha value is -0.160. The van der Waals surface area contributed by atoms with Gasteiger partial charge < -0.3 is 5.32 Å². The summed E-state index contributed by atoms with van der Waals surface area (Å²) < 4.78 is 0. The first-order valence-corrected chi connectivity index (χ1v) is 7.54. The zero-order valence-corrected chi connectivity index (χ0v) is 12.6. The maximum atomic E-state index is 4.67. The fraction of sp³-hybridized carbons (Fsp3) is 0.769. The highest BCUT2D eigenvalue weighted by atomic mass is 35.5. The maximum Gasteiger partial charge on any atom is 0.0926 e. The van der Waals surface area contributed by atoms with Crippen LogP contribution in [-0.4, -0.2) is 36.1 Å². The Morgan fingerprint density at radius 3 is 3.06 bits per heavy atom. The molecule has 2 aliphatic heterocycles. The highest BCUT2D eigenvalue weighted by Gasteiger charge is 2.40. The Balaban J connectivity index is 0.00000120. The third-order valence-corrected chi connectivity index (χ3v) is 5.18. The molecule has 1 unspecified atom stereocenters. The van der Waals surface area contributed by atoms with Crippen LogP contribution in [0, 0.1) is 5.41 Å². The molecule has 0 amide bonds. The second kappa shape index (κ2) is 5.87. The van der Waals surface area contributed by atoms with Gasteiger partial charge in [-0.15, -0.1) is 23.7 Å². The zero-order valence-electron chi connectivity index (χ0n) is 10.9. The van der Waals surface area contributed by atoms with Gasteiger partial charge in [0.25, 0.3) is 0 Å². The number of aromatic nitrogens is 1. The lowest BCUT2D eigenvalue weighted by Crippen LogP contribution is -2.29. The normalized spacial score (nSPS) is 27.8. The van der Waals surface area contributed by atoms with Crippen LogP contribution in [0.15, 0.2) is 5.38 Å². The van der Waals surface area contributed by atoms with E-state index in [1.807, 2.05) is 0 Å². The van der Waals surface area contributed by atoms with Crippen molar-refractivity contribution in [3.8, 4) is 0 Å². The summed E-state index contributed by atoms with van der Waals surface area (Å²) in [5.41, 5.74) is 1.86. The van der Waals surface area contributed by atoms with Crippen LogP contribution in [0.1, 0.15) is 30.5 Å². The summed E-state index contributed by atoms with van der Waals surface area (Å²) in [6.45, 7) is 8.18. The Morgan fingerprint density at radius 1 is 1.50 bits per heavy atom. The molecular formula is C13H22ClN3S. The number of likely N-dealkylation sites (tertiary alicyclic amines) is 1. The number of halogens is 1. The summed E-state index contributed by atoms with van der Waals surface area (Å²) >= 11 is 1.81. The minimum Gasteiger partial charge on any atom is -0.316 e. The van der Waals surface area contributed by atoms with Crippen molar-refractivity contribution in [3.05, 3.63) is 16.1 Å². The van der Waals surface area contributed by atoms with Crippen LogP contribution in [0.25, 0.3) is 0 Å². The number of rotatable bonds is 3. The molecule has 0 bridgehead atoms. The third-order valence-electron chi connectivity index (χ3n) is 4.14. The average molecular weight is 288 g/mol. The van der Waals surface area contributed by atoms with Gasteiger partial charge in [-0.25, -0.2) is 4.98 Å². The van der Waals surface area contributed by atoms with E-state index < -0.39 is 0 Å². The lowest BCUT2D eigenvalue weighted by Gasteiger charge is -2.22. The average Bonchev–Trinajstić information content (AvgIpc) is 3.03. The van der Waals surface area contributed by atoms with E-state index in [9.17, 15) is 0 Å². The maximum absolute atomic E-state index is 4.67. The lowest BCUT2D eigenvalue weighted by atomic mass is 9.87. The van der Waals surface area contributed by atoms with Crippen molar-refractivity contribution in [1.82, 2.24) is 15.2 Å². The molecule has 102 valence electrons. The molecule has 3 heterocycles. The summed E-state index contributed by atoms with van der Waals surface area (Å²) in [6, 6.07) is 0. The van der Waals surface area contributed by atoms with Crippen LogP contribution in [0.2, 0.25) is 0 Å². The van der Waals surface area contributed by atoms with E-state index in [0.717, 1.165) is 13.0 Å². The Bertz CT molecular complexity index is 387. The molecule has 5 heteroatoms. The van der Waals surface area contributed by atoms with Gasteiger partial charge >= 0.3 is 0 Å². The van der Waals surface area contributed by atoms with E-state index >= 15 is 0 Å². The number of hydrogen-bond acceptors (Lipinski definition) is 4. The van der Waals surface area contributed by atoms with Crippen molar-refractivity contribution in [2.24, 2.45) is 5.41 Å². The molecule has 0 aromatic carbocycles. The molecule has 1 spiro atoms. The fourth-order valence-corrected chi connectivity index (χ4v) is 3.86. The van der Waals surface area contributed by atoms with Gasteiger partial charge in [0.1, 0.15) is 0 Å². The summed E-state index contributed by atoms with van der Waals surface area (Å²) in [5, 5.41) is 7.02. The van der Waals surface area contributed by atoms with Gasteiger partial charge in [-0.05, 0) is 37.8 Å². The molecule has 1 atom stereocenters.